The van der Waals surface area contributed by atoms with Gasteiger partial charge in [0, 0.05) is 6.04 Å². The fraction of sp³-hybridized carbons (Fsp3) is 0.810. The van der Waals surface area contributed by atoms with E-state index in [1.807, 2.05) is 0 Å². The maximum absolute atomic E-state index is 6.42. The third kappa shape index (κ3) is 3.35. The maximum atomic E-state index is 6.42. The highest BCUT2D eigenvalue weighted by atomic mass is 14.6. The first kappa shape index (κ1) is 16.3. The Bertz CT molecular complexity index is 435. The molecule has 2 N–H and O–H groups in total. The summed E-state index contributed by atoms with van der Waals surface area (Å²) < 4.78 is 0. The average molecular weight is 302 g/mol. The first-order chi connectivity index (χ1) is 10.6. The van der Waals surface area contributed by atoms with Gasteiger partial charge in [0.25, 0.3) is 0 Å². The van der Waals surface area contributed by atoms with E-state index in [1.54, 1.807) is 11.1 Å². The molecule has 1 nitrogen and oxygen atoms in total. The smallest absolute Gasteiger partial charge is 0.0256 e. The molecule has 3 rings (SSSR count). The van der Waals surface area contributed by atoms with E-state index in [4.69, 9.17) is 5.73 Å². The van der Waals surface area contributed by atoms with Crippen molar-refractivity contribution in [2.45, 2.75) is 78.2 Å². The van der Waals surface area contributed by atoms with Crippen molar-refractivity contribution in [3.8, 4) is 0 Å². The van der Waals surface area contributed by atoms with E-state index in [1.165, 1.54) is 51.4 Å². The fourth-order valence-electron chi connectivity index (χ4n) is 5.84. The number of hydrogen-bond acceptors (Lipinski definition) is 1. The monoisotopic (exact) mass is 301 g/mol. The van der Waals surface area contributed by atoms with Crippen molar-refractivity contribution >= 4 is 0 Å². The molecule has 0 amide bonds. The topological polar surface area (TPSA) is 26.0 Å². The average Bonchev–Trinajstić information content (AvgIpc) is 2.47. The van der Waals surface area contributed by atoms with Crippen LogP contribution in [0.15, 0.2) is 23.3 Å². The van der Waals surface area contributed by atoms with E-state index in [2.05, 4.69) is 32.9 Å². The second-order valence-corrected chi connectivity index (χ2v) is 8.56. The quantitative estimate of drug-likeness (QED) is 0.672. The number of allylic oxidation sites excluding steroid dienone is 3. The lowest BCUT2D eigenvalue weighted by atomic mass is 9.63. The van der Waals surface area contributed by atoms with Gasteiger partial charge in [-0.05, 0) is 81.0 Å². The molecule has 4 atom stereocenters. The second-order valence-electron chi connectivity index (χ2n) is 8.56. The van der Waals surface area contributed by atoms with Gasteiger partial charge in [0.1, 0.15) is 0 Å². The Hall–Kier alpha value is -0.560. The molecule has 0 radical (unpaired) electrons. The summed E-state index contributed by atoms with van der Waals surface area (Å²) in [5.74, 6) is 4.21. The summed E-state index contributed by atoms with van der Waals surface area (Å²) in [6, 6.07) is 0.347. The van der Waals surface area contributed by atoms with Crippen LogP contribution in [-0.4, -0.2) is 6.04 Å². The second kappa shape index (κ2) is 6.91. The predicted octanol–water partition coefficient (Wildman–Crippen LogP) is 5.47. The molecule has 1 heteroatoms. The van der Waals surface area contributed by atoms with Crippen molar-refractivity contribution in [3.05, 3.63) is 23.3 Å². The zero-order valence-electron chi connectivity index (χ0n) is 14.9. The van der Waals surface area contributed by atoms with Gasteiger partial charge in [-0.25, -0.2) is 0 Å². The number of hydrogen-bond donors (Lipinski definition) is 1. The van der Waals surface area contributed by atoms with Crippen LogP contribution in [0.1, 0.15) is 72.1 Å². The van der Waals surface area contributed by atoms with E-state index < -0.39 is 0 Å². The van der Waals surface area contributed by atoms with Crippen LogP contribution in [0.4, 0.5) is 0 Å². The van der Waals surface area contributed by atoms with Gasteiger partial charge in [-0.1, -0.05) is 44.1 Å². The van der Waals surface area contributed by atoms with Gasteiger partial charge in [0.2, 0.25) is 0 Å². The van der Waals surface area contributed by atoms with E-state index in [-0.39, 0.29) is 0 Å². The molecule has 1 saturated carbocycles. The first-order valence-corrected chi connectivity index (χ1v) is 9.70. The molecule has 3 aliphatic carbocycles. The van der Waals surface area contributed by atoms with Gasteiger partial charge in [-0.3, -0.25) is 0 Å². The van der Waals surface area contributed by atoms with Crippen LogP contribution in [0, 0.1) is 29.6 Å². The zero-order chi connectivity index (χ0) is 15.7. The molecule has 4 unspecified atom stereocenters. The maximum Gasteiger partial charge on any atom is 0.0256 e. The molecule has 0 heterocycles. The summed E-state index contributed by atoms with van der Waals surface area (Å²) in [7, 11) is 0. The molecule has 0 saturated heterocycles. The normalized spacial score (nSPS) is 43.5. The van der Waals surface area contributed by atoms with E-state index in [9.17, 15) is 0 Å². The molecule has 0 aliphatic heterocycles. The summed E-state index contributed by atoms with van der Waals surface area (Å²) in [5.41, 5.74) is 9.80. The van der Waals surface area contributed by atoms with Crippen molar-refractivity contribution in [2.75, 3.05) is 0 Å². The highest BCUT2D eigenvalue weighted by Crippen LogP contribution is 2.46. The Labute approximate surface area is 137 Å². The Morgan fingerprint density at radius 3 is 2.36 bits per heavy atom. The van der Waals surface area contributed by atoms with Crippen LogP contribution in [0.25, 0.3) is 0 Å². The van der Waals surface area contributed by atoms with Gasteiger partial charge in [0.05, 0.1) is 0 Å². The zero-order valence-corrected chi connectivity index (χ0v) is 14.9. The summed E-state index contributed by atoms with van der Waals surface area (Å²) >= 11 is 0. The van der Waals surface area contributed by atoms with E-state index in [0.29, 0.717) is 6.04 Å². The van der Waals surface area contributed by atoms with Crippen LogP contribution in [0.5, 0.6) is 0 Å². The number of rotatable bonds is 2. The lowest BCUT2D eigenvalue weighted by Gasteiger charge is -2.42. The van der Waals surface area contributed by atoms with Gasteiger partial charge in [-0.2, -0.15) is 0 Å². The molecule has 124 valence electrons. The predicted molar refractivity (Wildman–Crippen MR) is 95.5 cm³/mol. The largest absolute Gasteiger partial charge is 0.324 e. The first-order valence-electron chi connectivity index (χ1n) is 9.70. The Kier molecular flexibility index (Phi) is 5.12. The molecule has 3 aliphatic rings. The highest BCUT2D eigenvalue weighted by molar-refractivity contribution is 5.24. The summed E-state index contributed by atoms with van der Waals surface area (Å²) in [6.45, 7) is 7.42. The standard InChI is InChI=1S/C21H35N/c1-14-11-15(2)21(16(3)12-14)18-8-6-7-17(13-18)19-9-4-5-10-20(19)22/h8-9,14-17,20-21H,4-7,10-13,22H2,1-3H3. The third-order valence-electron chi connectivity index (χ3n) is 6.61. The highest BCUT2D eigenvalue weighted by Gasteiger charge is 2.36. The minimum absolute atomic E-state index is 0.347. The molecule has 0 spiro atoms. The van der Waals surface area contributed by atoms with Crippen LogP contribution in [0.2, 0.25) is 0 Å². The summed E-state index contributed by atoms with van der Waals surface area (Å²) in [6.07, 6.45) is 15.6. The van der Waals surface area contributed by atoms with Crippen LogP contribution in [0.3, 0.4) is 0 Å². The summed E-state index contributed by atoms with van der Waals surface area (Å²) in [5, 5.41) is 0. The lowest BCUT2D eigenvalue weighted by Crippen LogP contribution is -2.34. The molecule has 0 aromatic heterocycles. The van der Waals surface area contributed by atoms with Crippen molar-refractivity contribution in [2.24, 2.45) is 35.3 Å². The molecule has 1 fully saturated rings. The fourth-order valence-corrected chi connectivity index (χ4v) is 5.84. The SMILES string of the molecule is CC1CC(C)C(C2=CCCC(C3=CCCCC3N)C2)C(C)C1. The van der Waals surface area contributed by atoms with Crippen molar-refractivity contribution < 1.29 is 0 Å². The minimum atomic E-state index is 0.347. The Morgan fingerprint density at radius 1 is 0.955 bits per heavy atom. The molecular formula is C21H35N. The molecule has 22 heavy (non-hydrogen) atoms. The van der Waals surface area contributed by atoms with Crippen molar-refractivity contribution in [1.82, 2.24) is 0 Å². The third-order valence-corrected chi connectivity index (χ3v) is 6.61. The van der Waals surface area contributed by atoms with Crippen LogP contribution in [-0.2, 0) is 0 Å². The Morgan fingerprint density at radius 2 is 1.68 bits per heavy atom. The van der Waals surface area contributed by atoms with Crippen molar-refractivity contribution in [3.63, 3.8) is 0 Å². The molecular weight excluding hydrogens is 266 g/mol. The molecule has 0 aromatic rings. The lowest BCUT2D eigenvalue weighted by molar-refractivity contribution is 0.156. The number of nitrogens with two attached hydrogens (primary N) is 1. The van der Waals surface area contributed by atoms with Gasteiger partial charge in [0.15, 0.2) is 0 Å². The molecule has 0 bridgehead atoms. The van der Waals surface area contributed by atoms with Gasteiger partial charge >= 0.3 is 0 Å². The van der Waals surface area contributed by atoms with Gasteiger partial charge in [-0.15, -0.1) is 0 Å². The van der Waals surface area contributed by atoms with Crippen LogP contribution < -0.4 is 5.73 Å². The van der Waals surface area contributed by atoms with E-state index in [0.717, 1.165) is 29.6 Å². The Balaban J connectivity index is 1.72. The van der Waals surface area contributed by atoms with Gasteiger partial charge < -0.3 is 5.73 Å². The minimum Gasteiger partial charge on any atom is -0.324 e. The molecule has 0 aromatic carbocycles. The summed E-state index contributed by atoms with van der Waals surface area (Å²) in [4.78, 5) is 0. The van der Waals surface area contributed by atoms with Crippen molar-refractivity contribution in [1.29, 1.82) is 0 Å². The van der Waals surface area contributed by atoms with Crippen LogP contribution >= 0.6 is 0 Å². The van der Waals surface area contributed by atoms with E-state index >= 15 is 0 Å².